The number of ether oxygens (including phenoxy) is 2. The Balaban J connectivity index is 1.66. The van der Waals surface area contributed by atoms with Gasteiger partial charge in [-0.1, -0.05) is 0 Å². The summed E-state index contributed by atoms with van der Waals surface area (Å²) < 4.78 is 47.8. The van der Waals surface area contributed by atoms with Crippen molar-refractivity contribution in [3.05, 3.63) is 53.6 Å². The number of benzene rings is 1. The Hall–Kier alpha value is -2.90. The van der Waals surface area contributed by atoms with Gasteiger partial charge in [0.1, 0.15) is 5.69 Å². The minimum Gasteiger partial charge on any atom is -0.395 e. The lowest BCUT2D eigenvalue weighted by molar-refractivity contribution is -0.286. The van der Waals surface area contributed by atoms with E-state index >= 15 is 0 Å². The van der Waals surface area contributed by atoms with E-state index in [1.54, 1.807) is 0 Å². The molecule has 2 heterocycles. The summed E-state index contributed by atoms with van der Waals surface area (Å²) in [6, 6.07) is 6.03. The molecule has 24 heavy (non-hydrogen) atoms. The molecule has 0 saturated carbocycles. The topological polar surface area (TPSA) is 65.5 Å². The maximum absolute atomic E-state index is 13.4. The SMILES string of the molecule is O=C(CCC(=O)c1ncccc1F)c1ccc2c(c1)OC(F)(F)O2. The highest BCUT2D eigenvalue weighted by Gasteiger charge is 2.43. The van der Waals surface area contributed by atoms with Crippen molar-refractivity contribution in [2.45, 2.75) is 19.1 Å². The van der Waals surface area contributed by atoms with Gasteiger partial charge in [-0.15, -0.1) is 8.78 Å². The fraction of sp³-hybridized carbons (Fsp3) is 0.188. The third-order valence-corrected chi connectivity index (χ3v) is 3.32. The van der Waals surface area contributed by atoms with Crippen molar-refractivity contribution in [1.29, 1.82) is 0 Å². The van der Waals surface area contributed by atoms with Crippen LogP contribution in [0.3, 0.4) is 0 Å². The lowest BCUT2D eigenvalue weighted by Gasteiger charge is -2.04. The van der Waals surface area contributed by atoms with Gasteiger partial charge < -0.3 is 9.47 Å². The number of Topliss-reactive ketones (excluding diaryl/α,β-unsaturated/α-hetero) is 2. The Morgan fingerprint density at radius 1 is 1.04 bits per heavy atom. The van der Waals surface area contributed by atoms with E-state index in [1.807, 2.05) is 0 Å². The predicted octanol–water partition coefficient (Wildman–Crippen LogP) is 3.39. The van der Waals surface area contributed by atoms with E-state index in [9.17, 15) is 22.8 Å². The third kappa shape index (κ3) is 3.22. The molecule has 3 rings (SSSR count). The van der Waals surface area contributed by atoms with Gasteiger partial charge in [0.25, 0.3) is 0 Å². The number of aromatic nitrogens is 1. The number of halogens is 3. The molecule has 8 heteroatoms. The molecule has 1 aliphatic rings. The smallest absolute Gasteiger partial charge is 0.395 e. The standard InChI is InChI=1S/C16H10F3NO4/c17-10-2-1-7-20-15(10)12(22)5-4-11(21)9-3-6-13-14(8-9)24-16(18,19)23-13/h1-3,6-8H,4-5H2. The van der Waals surface area contributed by atoms with Crippen LogP contribution >= 0.6 is 0 Å². The number of alkyl halides is 2. The molecule has 2 aromatic rings. The molecule has 0 bridgehead atoms. The minimum absolute atomic E-state index is 0.0874. The number of nitrogens with zero attached hydrogens (tertiary/aromatic N) is 1. The molecule has 0 amide bonds. The molecule has 0 aliphatic carbocycles. The number of hydrogen-bond acceptors (Lipinski definition) is 5. The van der Waals surface area contributed by atoms with Crippen molar-refractivity contribution >= 4 is 11.6 Å². The summed E-state index contributed by atoms with van der Waals surface area (Å²) >= 11 is 0. The number of fused-ring (bicyclic) bond motifs is 1. The van der Waals surface area contributed by atoms with E-state index in [-0.39, 0.29) is 35.6 Å². The molecular formula is C16H10F3NO4. The predicted molar refractivity (Wildman–Crippen MR) is 74.7 cm³/mol. The lowest BCUT2D eigenvalue weighted by atomic mass is 10.0. The maximum atomic E-state index is 13.4. The normalized spacial score (nSPS) is 14.5. The first-order valence-corrected chi connectivity index (χ1v) is 6.92. The Kier molecular flexibility index (Phi) is 3.96. The van der Waals surface area contributed by atoms with Crippen molar-refractivity contribution in [3.63, 3.8) is 0 Å². The molecule has 5 nitrogen and oxygen atoms in total. The van der Waals surface area contributed by atoms with Crippen LogP contribution in [-0.4, -0.2) is 22.8 Å². The van der Waals surface area contributed by atoms with Crippen LogP contribution in [-0.2, 0) is 0 Å². The Morgan fingerprint density at radius 2 is 1.75 bits per heavy atom. The van der Waals surface area contributed by atoms with Gasteiger partial charge in [0.15, 0.2) is 28.9 Å². The van der Waals surface area contributed by atoms with E-state index in [0.29, 0.717) is 0 Å². The van der Waals surface area contributed by atoms with Crippen LogP contribution in [0.2, 0.25) is 0 Å². The van der Waals surface area contributed by atoms with E-state index in [2.05, 4.69) is 14.5 Å². The highest BCUT2D eigenvalue weighted by molar-refractivity contribution is 6.01. The first kappa shape index (κ1) is 16.0. The largest absolute Gasteiger partial charge is 0.586 e. The van der Waals surface area contributed by atoms with Gasteiger partial charge in [0.2, 0.25) is 0 Å². The average molecular weight is 337 g/mol. The summed E-state index contributed by atoms with van der Waals surface area (Å²) in [4.78, 5) is 27.6. The Bertz CT molecular complexity index is 823. The number of ketones is 2. The summed E-state index contributed by atoms with van der Waals surface area (Å²) in [6.45, 7) is 0. The van der Waals surface area contributed by atoms with Crippen molar-refractivity contribution < 1.29 is 32.2 Å². The van der Waals surface area contributed by atoms with Crippen LogP contribution in [0, 0.1) is 5.82 Å². The Labute approximate surface area is 134 Å². The summed E-state index contributed by atoms with van der Waals surface area (Å²) in [5, 5.41) is 0. The average Bonchev–Trinajstić information content (AvgIpc) is 2.85. The second kappa shape index (κ2) is 5.95. The number of rotatable bonds is 5. The zero-order chi connectivity index (χ0) is 17.3. The van der Waals surface area contributed by atoms with Crippen LogP contribution < -0.4 is 9.47 Å². The molecule has 1 aromatic carbocycles. The highest BCUT2D eigenvalue weighted by atomic mass is 19.3. The van der Waals surface area contributed by atoms with Crippen molar-refractivity contribution in [2.75, 3.05) is 0 Å². The summed E-state index contributed by atoms with van der Waals surface area (Å²) in [7, 11) is 0. The molecule has 0 unspecified atom stereocenters. The molecule has 1 aromatic heterocycles. The van der Waals surface area contributed by atoms with Crippen LogP contribution in [0.4, 0.5) is 13.2 Å². The molecule has 0 spiro atoms. The number of carbonyl (C=O) groups excluding carboxylic acids is 2. The van der Waals surface area contributed by atoms with Crippen LogP contribution in [0.5, 0.6) is 11.5 Å². The van der Waals surface area contributed by atoms with Crippen LogP contribution in [0.15, 0.2) is 36.5 Å². The zero-order valence-corrected chi connectivity index (χ0v) is 12.1. The number of hydrogen-bond donors (Lipinski definition) is 0. The van der Waals surface area contributed by atoms with Crippen molar-refractivity contribution in [3.8, 4) is 11.5 Å². The first-order chi connectivity index (χ1) is 11.4. The molecule has 0 atom stereocenters. The van der Waals surface area contributed by atoms with E-state index < -0.39 is 23.7 Å². The molecule has 0 saturated heterocycles. The second-order valence-corrected chi connectivity index (χ2v) is 5.01. The van der Waals surface area contributed by atoms with Crippen molar-refractivity contribution in [1.82, 2.24) is 4.98 Å². The van der Waals surface area contributed by atoms with Gasteiger partial charge in [-0.25, -0.2) is 4.39 Å². The Morgan fingerprint density at radius 3 is 2.50 bits per heavy atom. The van der Waals surface area contributed by atoms with E-state index in [1.165, 1.54) is 24.4 Å². The number of pyridine rings is 1. The number of carbonyl (C=O) groups is 2. The highest BCUT2D eigenvalue weighted by Crippen LogP contribution is 2.41. The van der Waals surface area contributed by atoms with E-state index in [0.717, 1.165) is 12.1 Å². The fourth-order valence-electron chi connectivity index (χ4n) is 2.20. The minimum atomic E-state index is -3.77. The maximum Gasteiger partial charge on any atom is 0.586 e. The fourth-order valence-corrected chi connectivity index (χ4v) is 2.20. The monoisotopic (exact) mass is 337 g/mol. The van der Waals surface area contributed by atoms with Gasteiger partial charge in [0.05, 0.1) is 0 Å². The first-order valence-electron chi connectivity index (χ1n) is 6.92. The van der Waals surface area contributed by atoms with Crippen LogP contribution in [0.1, 0.15) is 33.7 Å². The molecule has 0 radical (unpaired) electrons. The molecule has 0 fully saturated rings. The van der Waals surface area contributed by atoms with Gasteiger partial charge in [-0.2, -0.15) is 0 Å². The summed E-state index contributed by atoms with van der Waals surface area (Å²) in [5.41, 5.74) is -0.250. The van der Waals surface area contributed by atoms with Gasteiger partial charge in [-0.3, -0.25) is 14.6 Å². The second-order valence-electron chi connectivity index (χ2n) is 5.01. The van der Waals surface area contributed by atoms with Crippen molar-refractivity contribution in [2.24, 2.45) is 0 Å². The quantitative estimate of drug-likeness (QED) is 0.783. The summed E-state index contributed by atoms with van der Waals surface area (Å²) in [5.74, 6) is -2.29. The van der Waals surface area contributed by atoms with Gasteiger partial charge in [-0.05, 0) is 30.3 Å². The third-order valence-electron chi connectivity index (χ3n) is 3.32. The zero-order valence-electron chi connectivity index (χ0n) is 12.1. The lowest BCUT2D eigenvalue weighted by Crippen LogP contribution is -2.25. The van der Waals surface area contributed by atoms with Gasteiger partial charge >= 0.3 is 6.29 Å². The van der Waals surface area contributed by atoms with Gasteiger partial charge in [0, 0.05) is 24.6 Å². The molecular weight excluding hydrogens is 327 g/mol. The van der Waals surface area contributed by atoms with E-state index in [4.69, 9.17) is 0 Å². The molecule has 1 aliphatic heterocycles. The molecule has 0 N–H and O–H groups in total. The summed E-state index contributed by atoms with van der Waals surface area (Å²) in [6.07, 6.45) is -2.96. The molecule has 124 valence electrons. The van der Waals surface area contributed by atoms with Crippen LogP contribution in [0.25, 0.3) is 0 Å².